The topological polar surface area (TPSA) is 69.1 Å². The Bertz CT molecular complexity index is 1100. The summed E-state index contributed by atoms with van der Waals surface area (Å²) in [7, 11) is 0. The van der Waals surface area contributed by atoms with Crippen LogP contribution >= 0.6 is 11.8 Å². The van der Waals surface area contributed by atoms with Gasteiger partial charge in [0.05, 0.1) is 5.69 Å². The van der Waals surface area contributed by atoms with Crippen molar-refractivity contribution in [3.8, 4) is 11.5 Å². The molecule has 0 atom stereocenters. The minimum Gasteiger partial charge on any atom is -0.444 e. The Balaban J connectivity index is 1.52. The largest absolute Gasteiger partial charge is 0.444 e. The van der Waals surface area contributed by atoms with Crippen LogP contribution in [0, 0.1) is 27.7 Å². The van der Waals surface area contributed by atoms with Gasteiger partial charge in [0.15, 0.2) is 0 Å². The highest BCUT2D eigenvalue weighted by molar-refractivity contribution is 7.98. The lowest BCUT2D eigenvalue weighted by atomic mass is 10.1. The Morgan fingerprint density at radius 2 is 1.88 bits per heavy atom. The fourth-order valence-corrected chi connectivity index (χ4v) is 3.59. The van der Waals surface area contributed by atoms with Gasteiger partial charge >= 0.3 is 0 Å². The molecular formula is C19H19N5OS. The first-order valence-corrected chi connectivity index (χ1v) is 9.34. The molecule has 6 nitrogen and oxygen atoms in total. The maximum atomic E-state index is 5.67. The molecule has 7 heteroatoms. The molecule has 3 aromatic heterocycles. The highest BCUT2D eigenvalue weighted by Gasteiger charge is 2.12. The van der Waals surface area contributed by atoms with Crippen LogP contribution in [-0.2, 0) is 5.75 Å². The van der Waals surface area contributed by atoms with Crippen molar-refractivity contribution in [2.75, 3.05) is 0 Å². The molecular weight excluding hydrogens is 346 g/mol. The number of hydrogen-bond acceptors (Lipinski definition) is 6. The highest BCUT2D eigenvalue weighted by Crippen LogP contribution is 2.26. The Labute approximate surface area is 155 Å². The third-order valence-corrected chi connectivity index (χ3v) is 4.98. The van der Waals surface area contributed by atoms with Crippen molar-refractivity contribution < 1.29 is 4.42 Å². The summed E-state index contributed by atoms with van der Waals surface area (Å²) in [6.45, 7) is 8.10. The Morgan fingerprint density at radius 3 is 2.69 bits per heavy atom. The van der Waals surface area contributed by atoms with Gasteiger partial charge in [-0.2, -0.15) is 4.98 Å². The van der Waals surface area contributed by atoms with Crippen LogP contribution in [0.25, 0.3) is 17.2 Å². The van der Waals surface area contributed by atoms with Crippen LogP contribution in [0.3, 0.4) is 0 Å². The summed E-state index contributed by atoms with van der Waals surface area (Å²) >= 11 is 1.52. The fourth-order valence-electron chi connectivity index (χ4n) is 2.90. The highest BCUT2D eigenvalue weighted by atomic mass is 32.2. The number of aromatic nitrogens is 5. The molecule has 132 valence electrons. The average Bonchev–Trinajstić information content (AvgIpc) is 3.19. The molecule has 0 bridgehead atoms. The Kier molecular flexibility index (Phi) is 4.24. The summed E-state index contributed by atoms with van der Waals surface area (Å²) in [5.41, 5.74) is 6.23. The lowest BCUT2D eigenvalue weighted by Crippen LogP contribution is -1.97. The summed E-state index contributed by atoms with van der Waals surface area (Å²) in [6.07, 6.45) is 1.70. The van der Waals surface area contributed by atoms with Crippen LogP contribution in [0.1, 0.15) is 28.2 Å². The minimum absolute atomic E-state index is 0.626. The van der Waals surface area contributed by atoms with Gasteiger partial charge in [0.25, 0.3) is 5.78 Å². The SMILES string of the molecule is Cc1ccc(-c2nc(CSc3nc4nc(C)cc(C)n4n3)co2)c(C)c1. The molecule has 4 aromatic rings. The number of benzene rings is 1. The third kappa shape index (κ3) is 3.22. The van der Waals surface area contributed by atoms with Crippen molar-refractivity contribution in [3.05, 3.63) is 58.7 Å². The van der Waals surface area contributed by atoms with Crippen molar-refractivity contribution in [1.82, 2.24) is 24.6 Å². The monoisotopic (exact) mass is 365 g/mol. The summed E-state index contributed by atoms with van der Waals surface area (Å²) in [5, 5.41) is 5.19. The number of oxazole rings is 1. The quantitative estimate of drug-likeness (QED) is 0.502. The molecule has 0 saturated heterocycles. The van der Waals surface area contributed by atoms with Gasteiger partial charge in [0.1, 0.15) is 6.26 Å². The number of aryl methyl sites for hydroxylation is 4. The second-order valence-electron chi connectivity index (χ2n) is 6.40. The minimum atomic E-state index is 0.626. The molecule has 0 aliphatic rings. The first-order valence-electron chi connectivity index (χ1n) is 8.35. The summed E-state index contributed by atoms with van der Waals surface area (Å²) in [5.74, 6) is 1.92. The zero-order chi connectivity index (χ0) is 18.3. The molecule has 4 rings (SSSR count). The van der Waals surface area contributed by atoms with E-state index in [-0.39, 0.29) is 0 Å². The number of nitrogens with zero attached hydrogens (tertiary/aromatic N) is 5. The van der Waals surface area contributed by atoms with Crippen molar-refractivity contribution in [1.29, 1.82) is 0 Å². The first-order chi connectivity index (χ1) is 12.5. The van der Waals surface area contributed by atoms with Crippen LogP contribution in [-0.4, -0.2) is 24.6 Å². The van der Waals surface area contributed by atoms with E-state index in [1.165, 1.54) is 17.3 Å². The van der Waals surface area contributed by atoms with E-state index in [2.05, 4.69) is 46.0 Å². The lowest BCUT2D eigenvalue weighted by molar-refractivity contribution is 0.573. The number of hydrogen-bond donors (Lipinski definition) is 0. The zero-order valence-electron chi connectivity index (χ0n) is 15.1. The maximum Gasteiger partial charge on any atom is 0.253 e. The molecule has 0 aliphatic carbocycles. The van der Waals surface area contributed by atoms with E-state index >= 15 is 0 Å². The molecule has 0 amide bonds. The lowest BCUT2D eigenvalue weighted by Gasteiger charge is -2.02. The molecule has 0 radical (unpaired) electrons. The van der Waals surface area contributed by atoms with Crippen molar-refractivity contribution >= 4 is 17.5 Å². The molecule has 0 unspecified atom stereocenters. The second-order valence-corrected chi connectivity index (χ2v) is 7.34. The van der Waals surface area contributed by atoms with E-state index in [1.54, 1.807) is 10.8 Å². The summed E-state index contributed by atoms with van der Waals surface area (Å²) in [6, 6.07) is 8.24. The van der Waals surface area contributed by atoms with Gasteiger partial charge in [-0.3, -0.25) is 0 Å². The molecule has 3 heterocycles. The van der Waals surface area contributed by atoms with Crippen molar-refractivity contribution in [3.63, 3.8) is 0 Å². The predicted molar refractivity (Wildman–Crippen MR) is 101 cm³/mol. The second kappa shape index (κ2) is 6.57. The van der Waals surface area contributed by atoms with Crippen molar-refractivity contribution in [2.45, 2.75) is 38.6 Å². The van der Waals surface area contributed by atoms with E-state index in [0.717, 1.165) is 28.2 Å². The zero-order valence-corrected chi connectivity index (χ0v) is 16.0. The number of thioether (sulfide) groups is 1. The fraction of sp³-hybridized carbons (Fsp3) is 0.263. The Hall–Kier alpha value is -2.67. The van der Waals surface area contributed by atoms with Gasteiger partial charge in [-0.25, -0.2) is 14.5 Å². The van der Waals surface area contributed by atoms with Crippen LogP contribution in [0.2, 0.25) is 0 Å². The van der Waals surface area contributed by atoms with Crippen LogP contribution < -0.4 is 0 Å². The van der Waals surface area contributed by atoms with Crippen LogP contribution in [0.5, 0.6) is 0 Å². The Morgan fingerprint density at radius 1 is 1.04 bits per heavy atom. The van der Waals surface area contributed by atoms with Crippen LogP contribution in [0.4, 0.5) is 0 Å². The molecule has 1 aromatic carbocycles. The van der Waals surface area contributed by atoms with E-state index in [0.29, 0.717) is 22.6 Å². The maximum absolute atomic E-state index is 5.67. The van der Waals surface area contributed by atoms with E-state index < -0.39 is 0 Å². The van der Waals surface area contributed by atoms with E-state index in [4.69, 9.17) is 4.42 Å². The standard InChI is InChI=1S/C19H19N5OS/c1-11-5-6-16(12(2)7-11)17-21-15(9-25-17)10-26-19-22-18-20-13(3)8-14(4)24(18)23-19/h5-9H,10H2,1-4H3. The van der Waals surface area contributed by atoms with E-state index in [1.807, 2.05) is 26.0 Å². The van der Waals surface area contributed by atoms with Gasteiger partial charge in [0, 0.05) is 22.7 Å². The molecule has 0 N–H and O–H groups in total. The molecule has 0 aliphatic heterocycles. The average molecular weight is 365 g/mol. The van der Waals surface area contributed by atoms with Gasteiger partial charge in [0.2, 0.25) is 11.0 Å². The third-order valence-electron chi connectivity index (χ3n) is 4.11. The van der Waals surface area contributed by atoms with Gasteiger partial charge in [-0.05, 0) is 45.4 Å². The normalized spacial score (nSPS) is 11.4. The number of rotatable bonds is 4. The summed E-state index contributed by atoms with van der Waals surface area (Å²) in [4.78, 5) is 13.5. The predicted octanol–water partition coefficient (Wildman–Crippen LogP) is 4.31. The number of fused-ring (bicyclic) bond motifs is 1. The first kappa shape index (κ1) is 16.8. The van der Waals surface area contributed by atoms with Gasteiger partial charge in [-0.1, -0.05) is 29.5 Å². The molecule has 0 saturated carbocycles. The molecule has 0 fully saturated rings. The van der Waals surface area contributed by atoms with Gasteiger partial charge < -0.3 is 4.42 Å². The van der Waals surface area contributed by atoms with Crippen molar-refractivity contribution in [2.24, 2.45) is 0 Å². The van der Waals surface area contributed by atoms with E-state index in [9.17, 15) is 0 Å². The smallest absolute Gasteiger partial charge is 0.253 e. The molecule has 0 spiro atoms. The summed E-state index contributed by atoms with van der Waals surface area (Å²) < 4.78 is 7.43. The van der Waals surface area contributed by atoms with Gasteiger partial charge in [-0.15, -0.1) is 5.10 Å². The van der Waals surface area contributed by atoms with Crippen LogP contribution in [0.15, 0.2) is 40.1 Å². The molecule has 26 heavy (non-hydrogen) atoms.